The highest BCUT2D eigenvalue weighted by atomic mass is 79.9. The van der Waals surface area contributed by atoms with Gasteiger partial charge >= 0.3 is 11.9 Å². The predicted octanol–water partition coefficient (Wildman–Crippen LogP) is 2.18. The molecule has 1 rings (SSSR count). The molecule has 0 atom stereocenters. The van der Waals surface area contributed by atoms with E-state index in [0.29, 0.717) is 0 Å². The lowest BCUT2D eigenvalue weighted by molar-refractivity contribution is -0.154. The molecule has 17 heavy (non-hydrogen) atoms. The van der Waals surface area contributed by atoms with E-state index in [4.69, 9.17) is 0 Å². The summed E-state index contributed by atoms with van der Waals surface area (Å²) in [5.41, 5.74) is 0.864. The minimum Gasteiger partial charge on any atom is -0.466 e. The van der Waals surface area contributed by atoms with E-state index in [0.717, 1.165) is 10.0 Å². The smallest absolute Gasteiger partial charge is 0.344 e. The molecular weight excluding hydrogens is 288 g/mol. The van der Waals surface area contributed by atoms with Crippen molar-refractivity contribution in [1.29, 1.82) is 0 Å². The molecule has 0 N–H and O–H groups in total. The molecule has 1 aromatic carbocycles. The lowest BCUT2D eigenvalue weighted by atomic mass is 10.2. The summed E-state index contributed by atoms with van der Waals surface area (Å²) in [5, 5.41) is 0. The molecule has 90 valence electrons. The van der Waals surface area contributed by atoms with Gasteiger partial charge in [-0.05, 0) is 23.8 Å². The Balaban J connectivity index is 2.45. The van der Waals surface area contributed by atoms with Gasteiger partial charge in [0.2, 0.25) is 0 Å². The largest absolute Gasteiger partial charge is 0.466 e. The number of halogens is 1. The summed E-state index contributed by atoms with van der Waals surface area (Å²) in [7, 11) is 1.23. The number of methoxy groups -OCH3 is 1. The molecule has 0 saturated heterocycles. The van der Waals surface area contributed by atoms with Crippen LogP contribution in [0.5, 0.6) is 0 Å². The third kappa shape index (κ3) is 5.31. The third-order valence-electron chi connectivity index (χ3n) is 1.84. The second kappa shape index (κ2) is 6.85. The van der Waals surface area contributed by atoms with Crippen LogP contribution in [-0.4, -0.2) is 25.7 Å². The average Bonchev–Trinajstić information content (AvgIpc) is 2.35. The summed E-state index contributed by atoms with van der Waals surface area (Å²) in [6.45, 7) is -0.375. The molecule has 0 radical (unpaired) electrons. The van der Waals surface area contributed by atoms with Gasteiger partial charge in [-0.3, -0.25) is 0 Å². The number of hydrogen-bond acceptors (Lipinski definition) is 4. The van der Waals surface area contributed by atoms with Crippen molar-refractivity contribution in [2.45, 2.75) is 0 Å². The first-order chi connectivity index (χ1) is 8.11. The Morgan fingerprint density at radius 1 is 1.29 bits per heavy atom. The lowest BCUT2D eigenvalue weighted by Gasteiger charge is -1.99. The van der Waals surface area contributed by atoms with Crippen molar-refractivity contribution in [1.82, 2.24) is 0 Å². The maximum absolute atomic E-state index is 11.2. The van der Waals surface area contributed by atoms with E-state index in [1.165, 1.54) is 13.2 Å². The van der Waals surface area contributed by atoms with Crippen LogP contribution in [0, 0.1) is 0 Å². The third-order valence-corrected chi connectivity index (χ3v) is 2.37. The Bertz CT molecular complexity index is 423. The van der Waals surface area contributed by atoms with Crippen LogP contribution in [0.1, 0.15) is 5.56 Å². The van der Waals surface area contributed by atoms with Gasteiger partial charge in [0.1, 0.15) is 0 Å². The number of ether oxygens (including phenoxy) is 2. The molecule has 0 unspecified atom stereocenters. The summed E-state index contributed by atoms with van der Waals surface area (Å²) in [6, 6.07) is 7.40. The van der Waals surface area contributed by atoms with Crippen molar-refractivity contribution in [3.63, 3.8) is 0 Å². The molecule has 5 heteroatoms. The van der Waals surface area contributed by atoms with Crippen molar-refractivity contribution < 1.29 is 19.1 Å². The molecule has 0 bridgehead atoms. The van der Waals surface area contributed by atoms with E-state index < -0.39 is 11.9 Å². The van der Waals surface area contributed by atoms with Crippen LogP contribution in [0.2, 0.25) is 0 Å². The molecule has 0 aromatic heterocycles. The normalized spacial score (nSPS) is 10.2. The van der Waals surface area contributed by atoms with E-state index in [2.05, 4.69) is 25.4 Å². The fourth-order valence-electron chi connectivity index (χ4n) is 0.975. The topological polar surface area (TPSA) is 52.6 Å². The number of hydrogen-bond donors (Lipinski definition) is 0. The maximum atomic E-state index is 11.2. The summed E-state index contributed by atoms with van der Waals surface area (Å²) in [4.78, 5) is 21.9. The molecule has 0 heterocycles. The Kier molecular flexibility index (Phi) is 5.42. The molecule has 0 saturated carbocycles. The SMILES string of the molecule is COC(=O)COC(=O)/C=C/c1ccc(Br)cc1. The molecule has 1 aromatic rings. The van der Waals surface area contributed by atoms with Crippen LogP contribution >= 0.6 is 15.9 Å². The average molecular weight is 299 g/mol. The first kappa shape index (κ1) is 13.4. The van der Waals surface area contributed by atoms with Crippen LogP contribution in [0.15, 0.2) is 34.8 Å². The van der Waals surface area contributed by atoms with Gasteiger partial charge in [0.05, 0.1) is 7.11 Å². The number of carbonyl (C=O) groups excluding carboxylic acids is 2. The molecule has 0 amide bonds. The van der Waals surface area contributed by atoms with Gasteiger partial charge in [-0.15, -0.1) is 0 Å². The van der Waals surface area contributed by atoms with Crippen molar-refractivity contribution in [2.75, 3.05) is 13.7 Å². The van der Waals surface area contributed by atoms with E-state index in [1.807, 2.05) is 24.3 Å². The highest BCUT2D eigenvalue weighted by molar-refractivity contribution is 9.10. The minimum absolute atomic E-state index is 0.375. The minimum atomic E-state index is -0.588. The van der Waals surface area contributed by atoms with Crippen LogP contribution in [0.4, 0.5) is 0 Å². The Labute approximate surface area is 107 Å². The molecule has 0 aliphatic carbocycles. The number of benzene rings is 1. The summed E-state index contributed by atoms with van der Waals surface area (Å²) in [6.07, 6.45) is 2.86. The molecule has 0 aliphatic rings. The monoisotopic (exact) mass is 298 g/mol. The van der Waals surface area contributed by atoms with Crippen LogP contribution in [0.25, 0.3) is 6.08 Å². The zero-order valence-electron chi connectivity index (χ0n) is 9.18. The van der Waals surface area contributed by atoms with Gasteiger partial charge in [-0.2, -0.15) is 0 Å². The molecule has 0 fully saturated rings. The van der Waals surface area contributed by atoms with E-state index in [1.54, 1.807) is 6.08 Å². The maximum Gasteiger partial charge on any atom is 0.344 e. The second-order valence-electron chi connectivity index (χ2n) is 3.07. The second-order valence-corrected chi connectivity index (χ2v) is 3.98. The quantitative estimate of drug-likeness (QED) is 0.631. The molecule has 0 aliphatic heterocycles. The Morgan fingerprint density at radius 3 is 2.53 bits per heavy atom. The van der Waals surface area contributed by atoms with E-state index >= 15 is 0 Å². The van der Waals surface area contributed by atoms with Gasteiger partial charge in [-0.25, -0.2) is 9.59 Å². The Hall–Kier alpha value is -1.62. The first-order valence-corrected chi connectivity index (χ1v) is 5.58. The summed E-state index contributed by atoms with van der Waals surface area (Å²) in [5.74, 6) is -1.17. The van der Waals surface area contributed by atoms with Crippen LogP contribution in [-0.2, 0) is 19.1 Å². The fourth-order valence-corrected chi connectivity index (χ4v) is 1.24. The standard InChI is InChI=1S/C12H11BrO4/c1-16-12(15)8-17-11(14)7-4-9-2-5-10(13)6-3-9/h2-7H,8H2,1H3/b7-4+. The number of esters is 2. The molecule has 4 nitrogen and oxygen atoms in total. The molecule has 0 spiro atoms. The van der Waals surface area contributed by atoms with Gasteiger partial charge in [0.15, 0.2) is 6.61 Å². The lowest BCUT2D eigenvalue weighted by Crippen LogP contribution is -2.13. The summed E-state index contributed by atoms with van der Waals surface area (Å²) >= 11 is 3.31. The predicted molar refractivity (Wildman–Crippen MR) is 66.2 cm³/mol. The van der Waals surface area contributed by atoms with Crippen molar-refractivity contribution in [3.05, 3.63) is 40.4 Å². The molecular formula is C12H11BrO4. The number of rotatable bonds is 4. The highest BCUT2D eigenvalue weighted by Gasteiger charge is 2.03. The highest BCUT2D eigenvalue weighted by Crippen LogP contribution is 2.11. The fraction of sp³-hybridized carbons (Fsp3) is 0.167. The van der Waals surface area contributed by atoms with Crippen LogP contribution in [0.3, 0.4) is 0 Å². The summed E-state index contributed by atoms with van der Waals surface area (Å²) < 4.78 is 9.92. The van der Waals surface area contributed by atoms with E-state index in [-0.39, 0.29) is 6.61 Å². The van der Waals surface area contributed by atoms with Gasteiger partial charge in [-0.1, -0.05) is 28.1 Å². The first-order valence-electron chi connectivity index (χ1n) is 4.79. The van der Waals surface area contributed by atoms with Gasteiger partial charge in [0, 0.05) is 10.5 Å². The van der Waals surface area contributed by atoms with Crippen molar-refractivity contribution in [3.8, 4) is 0 Å². The van der Waals surface area contributed by atoms with E-state index in [9.17, 15) is 9.59 Å². The van der Waals surface area contributed by atoms with Crippen molar-refractivity contribution >= 4 is 33.9 Å². The zero-order chi connectivity index (χ0) is 12.7. The Morgan fingerprint density at radius 2 is 1.94 bits per heavy atom. The van der Waals surface area contributed by atoms with Crippen LogP contribution < -0.4 is 0 Å². The van der Waals surface area contributed by atoms with Crippen molar-refractivity contribution in [2.24, 2.45) is 0 Å². The van der Waals surface area contributed by atoms with Gasteiger partial charge < -0.3 is 9.47 Å². The number of carbonyl (C=O) groups is 2. The van der Waals surface area contributed by atoms with Gasteiger partial charge in [0.25, 0.3) is 0 Å². The zero-order valence-corrected chi connectivity index (χ0v) is 10.8.